The normalized spacial score (nSPS) is 21.1. The van der Waals surface area contributed by atoms with Gasteiger partial charge in [0, 0.05) is 44.2 Å². The van der Waals surface area contributed by atoms with Gasteiger partial charge in [0.05, 0.1) is 27.8 Å². The molecule has 36 heavy (non-hydrogen) atoms. The Morgan fingerprint density at radius 3 is 2.67 bits per heavy atom. The highest BCUT2D eigenvalue weighted by atomic mass is 79.9. The fraction of sp³-hybridized carbons (Fsp3) is 0.500. The molecule has 3 fully saturated rings. The van der Waals surface area contributed by atoms with Gasteiger partial charge in [-0.2, -0.15) is 0 Å². The van der Waals surface area contributed by atoms with Gasteiger partial charge in [0.1, 0.15) is 16.1 Å². The lowest BCUT2D eigenvalue weighted by molar-refractivity contribution is 0.0239. The van der Waals surface area contributed by atoms with Gasteiger partial charge in [-0.3, -0.25) is 4.79 Å². The van der Waals surface area contributed by atoms with Crippen molar-refractivity contribution in [2.45, 2.75) is 56.8 Å². The molecule has 1 aliphatic carbocycles. The molecule has 1 aromatic heterocycles. The Kier molecular flexibility index (Phi) is 7.31. The van der Waals surface area contributed by atoms with Crippen molar-refractivity contribution in [2.75, 3.05) is 32.2 Å². The molecule has 2 bridgehead atoms. The number of thioether (sulfide) groups is 1. The minimum atomic E-state index is -0.581. The first-order chi connectivity index (χ1) is 16.8. The van der Waals surface area contributed by atoms with E-state index in [1.165, 1.54) is 17.8 Å². The predicted octanol–water partition coefficient (Wildman–Crippen LogP) is 5.84. The van der Waals surface area contributed by atoms with Crippen LogP contribution in [0.2, 0.25) is 0 Å². The lowest BCUT2D eigenvalue weighted by atomic mass is 9.79. The van der Waals surface area contributed by atoms with E-state index in [9.17, 15) is 9.59 Å². The maximum absolute atomic E-state index is 15.3. The number of anilines is 1. The molecule has 3 atom stereocenters. The van der Waals surface area contributed by atoms with Crippen LogP contribution in [0.3, 0.4) is 0 Å². The van der Waals surface area contributed by atoms with Gasteiger partial charge >= 0.3 is 6.09 Å². The van der Waals surface area contributed by atoms with E-state index in [0.29, 0.717) is 38.2 Å². The second-order valence-electron chi connectivity index (χ2n) is 10.6. The Bertz CT molecular complexity index is 1260. The van der Waals surface area contributed by atoms with Crippen LogP contribution in [-0.4, -0.2) is 71.2 Å². The van der Waals surface area contributed by atoms with E-state index >= 15 is 4.39 Å². The molecule has 3 aliphatic rings. The van der Waals surface area contributed by atoms with Crippen molar-refractivity contribution < 1.29 is 18.7 Å². The molecule has 0 radical (unpaired) electrons. The van der Waals surface area contributed by atoms with E-state index in [1.807, 2.05) is 54.1 Å². The number of allylic oxidation sites excluding steroid dienone is 1. The van der Waals surface area contributed by atoms with Gasteiger partial charge in [-0.25, -0.2) is 14.2 Å². The van der Waals surface area contributed by atoms with Crippen molar-refractivity contribution in [3.05, 3.63) is 39.8 Å². The third-order valence-electron chi connectivity index (χ3n) is 6.51. The van der Waals surface area contributed by atoms with Crippen molar-refractivity contribution >= 4 is 56.2 Å². The lowest BCUT2D eigenvalue weighted by Crippen LogP contribution is -2.50. The molecular weight excluding hydrogens is 547 g/mol. The van der Waals surface area contributed by atoms with Crippen molar-refractivity contribution in [3.8, 4) is 0 Å². The molecule has 5 rings (SSSR count). The van der Waals surface area contributed by atoms with Crippen LogP contribution in [0.1, 0.15) is 43.1 Å². The zero-order valence-electron chi connectivity index (χ0n) is 21.6. The summed E-state index contributed by atoms with van der Waals surface area (Å²) in [4.78, 5) is 34.3. The molecule has 7 nitrogen and oxygen atoms in total. The number of hydrogen-bond donors (Lipinski definition) is 1. The van der Waals surface area contributed by atoms with E-state index in [4.69, 9.17) is 4.74 Å². The highest BCUT2D eigenvalue weighted by molar-refractivity contribution is 9.10. The Hall–Kier alpha value is -2.33. The first-order valence-electron chi connectivity index (χ1n) is 11.8. The number of rotatable bonds is 6. The maximum Gasteiger partial charge on any atom is 0.410 e. The largest absolute Gasteiger partial charge is 0.444 e. The minimum Gasteiger partial charge on any atom is -0.444 e. The first kappa shape index (κ1) is 26.7. The molecule has 2 saturated heterocycles. The first-order valence-corrected chi connectivity index (χ1v) is 13.9. The van der Waals surface area contributed by atoms with Crippen LogP contribution in [0.25, 0.3) is 10.9 Å². The number of carbonyl (C=O) groups excluding carboxylic acids is 2. The second-order valence-corrected chi connectivity index (χ2v) is 12.2. The number of ether oxygens (including phenoxy) is 1. The smallest absolute Gasteiger partial charge is 0.410 e. The third-order valence-corrected chi connectivity index (χ3v) is 8.17. The molecule has 1 N–H and O–H groups in total. The highest BCUT2D eigenvalue weighted by Gasteiger charge is 2.55. The van der Waals surface area contributed by atoms with Crippen molar-refractivity contribution in [3.63, 3.8) is 0 Å². The number of amides is 1. The Morgan fingerprint density at radius 2 is 2.06 bits per heavy atom. The van der Waals surface area contributed by atoms with Crippen LogP contribution >= 0.6 is 27.7 Å². The summed E-state index contributed by atoms with van der Waals surface area (Å²) in [5, 5.41) is 4.56. The molecule has 3 heterocycles. The summed E-state index contributed by atoms with van der Waals surface area (Å²) < 4.78 is 21.3. The van der Waals surface area contributed by atoms with Crippen molar-refractivity contribution in [1.29, 1.82) is 0 Å². The molecule has 10 heteroatoms. The van der Waals surface area contributed by atoms with E-state index in [1.54, 1.807) is 16.0 Å². The number of fused-ring (bicyclic) bond motifs is 2. The van der Waals surface area contributed by atoms with Gasteiger partial charge in [0.25, 0.3) is 0 Å². The van der Waals surface area contributed by atoms with E-state index in [0.717, 1.165) is 6.42 Å². The highest BCUT2D eigenvalue weighted by Crippen LogP contribution is 2.46. The standard InChI is InChI=1S/C26H32BrFN4O3S/c1-13-10-15-22(29-21-14-11-16(21)32(12-14)25(34)35-26(2,3)4)18(17(33)8-9-31(5)6)24(36-7)30-23(15)20(28)19(13)27/h8-10,14,16,21H,11-12H2,1-7H3,(H,29,30)/b9-8+/t14-,16-,21?/m1/s1. The number of halogens is 2. The van der Waals surface area contributed by atoms with E-state index < -0.39 is 11.4 Å². The quantitative estimate of drug-likeness (QED) is 0.262. The van der Waals surface area contributed by atoms with Crippen LogP contribution in [0.5, 0.6) is 0 Å². The summed E-state index contributed by atoms with van der Waals surface area (Å²) >= 11 is 4.63. The summed E-state index contributed by atoms with van der Waals surface area (Å²) in [6.45, 7) is 7.94. The van der Waals surface area contributed by atoms with Gasteiger partial charge in [0.15, 0.2) is 11.6 Å². The Morgan fingerprint density at radius 1 is 1.36 bits per heavy atom. The average molecular weight is 580 g/mol. The number of aryl methyl sites for hydroxylation is 1. The SMILES string of the molecule is CSc1nc2c(F)c(Br)c(C)cc2c(NC2[C@@H]3C[C@H]2N(C(=O)OC(C)(C)C)C3)c1C(=O)/C=C/N(C)C. The molecule has 194 valence electrons. The molecule has 1 unspecified atom stereocenters. The van der Waals surface area contributed by atoms with Gasteiger partial charge in [0.2, 0.25) is 0 Å². The summed E-state index contributed by atoms with van der Waals surface area (Å²) in [6, 6.07) is 1.71. The number of nitrogens with zero attached hydrogens (tertiary/aromatic N) is 3. The number of pyridine rings is 1. The molecule has 2 aromatic rings. The maximum atomic E-state index is 15.3. The van der Waals surface area contributed by atoms with Gasteiger partial charge in [-0.15, -0.1) is 11.8 Å². The molecular formula is C26H32BrFN4O3S. The topological polar surface area (TPSA) is 74.8 Å². The number of nitrogens with one attached hydrogen (secondary N) is 1. The fourth-order valence-electron chi connectivity index (χ4n) is 4.80. The summed E-state index contributed by atoms with van der Waals surface area (Å²) in [6.07, 6.45) is 5.53. The molecule has 0 spiro atoms. The van der Waals surface area contributed by atoms with E-state index in [2.05, 4.69) is 26.2 Å². The Balaban J connectivity index is 1.80. The number of aromatic nitrogens is 1. The molecule has 1 amide bonds. The van der Waals surface area contributed by atoms with Gasteiger partial charge < -0.3 is 19.9 Å². The van der Waals surface area contributed by atoms with Gasteiger partial charge in [-0.05, 0) is 67.9 Å². The average Bonchev–Trinajstić information content (AvgIpc) is 3.38. The fourth-order valence-corrected chi connectivity index (χ4v) is 5.69. The predicted molar refractivity (Wildman–Crippen MR) is 145 cm³/mol. The molecule has 2 aliphatic heterocycles. The summed E-state index contributed by atoms with van der Waals surface area (Å²) in [5.74, 6) is -0.468. The van der Waals surface area contributed by atoms with Crippen molar-refractivity contribution in [2.24, 2.45) is 5.92 Å². The van der Waals surface area contributed by atoms with Crippen LogP contribution in [0, 0.1) is 18.7 Å². The third kappa shape index (κ3) is 4.94. The molecule has 1 aromatic carbocycles. The monoisotopic (exact) mass is 578 g/mol. The number of benzene rings is 1. The number of hydrogen-bond acceptors (Lipinski definition) is 7. The minimum absolute atomic E-state index is 0.0625. The van der Waals surface area contributed by atoms with Crippen LogP contribution in [0.15, 0.2) is 27.8 Å². The number of carbonyl (C=O) groups is 2. The number of ketones is 1. The van der Waals surface area contributed by atoms with Crippen LogP contribution < -0.4 is 5.32 Å². The zero-order chi connectivity index (χ0) is 26.5. The van der Waals surface area contributed by atoms with Gasteiger partial charge in [-0.1, -0.05) is 0 Å². The van der Waals surface area contributed by atoms with Crippen LogP contribution in [-0.2, 0) is 4.74 Å². The summed E-state index contributed by atoms with van der Waals surface area (Å²) in [7, 11) is 3.68. The Labute approximate surface area is 223 Å². The van der Waals surface area contributed by atoms with E-state index in [-0.39, 0.29) is 35.4 Å². The summed E-state index contributed by atoms with van der Waals surface area (Å²) in [5.41, 5.74) is 1.28. The zero-order valence-corrected chi connectivity index (χ0v) is 24.0. The second kappa shape index (κ2) is 9.85. The van der Waals surface area contributed by atoms with Crippen LogP contribution in [0.4, 0.5) is 14.9 Å². The van der Waals surface area contributed by atoms with Crippen molar-refractivity contribution in [1.82, 2.24) is 14.8 Å². The molecule has 1 saturated carbocycles. The lowest BCUT2D eigenvalue weighted by Gasteiger charge is -2.38.